The molecule has 0 amide bonds. The molecule has 0 aromatic rings. The molecule has 0 rings (SSSR count). The summed E-state index contributed by atoms with van der Waals surface area (Å²) in [6.07, 6.45) is 0.973. The van der Waals surface area contributed by atoms with Gasteiger partial charge in [-0.15, -0.1) is 11.6 Å². The Bertz CT molecular complexity index is 105. The molecule has 0 heterocycles. The number of carbonyl (C=O) groups is 1. The van der Waals surface area contributed by atoms with Crippen molar-refractivity contribution in [1.82, 2.24) is 0 Å². The molecule has 0 saturated carbocycles. The van der Waals surface area contributed by atoms with Gasteiger partial charge in [-0.1, -0.05) is 0 Å². The van der Waals surface area contributed by atoms with Crippen molar-refractivity contribution in [2.45, 2.75) is 24.6 Å². The van der Waals surface area contributed by atoms with E-state index in [1.165, 1.54) is 0 Å². The number of hydrogen-bond acceptors (Lipinski definition) is 2. The van der Waals surface area contributed by atoms with Gasteiger partial charge in [0.2, 0.25) is 0 Å². The molecule has 0 aliphatic heterocycles. The molecule has 0 bridgehead atoms. The molecule has 2 N–H and O–H groups in total. The largest absolute Gasteiger partial charge is 0.481 e. The molecule has 0 aliphatic rings. The first-order valence-corrected chi connectivity index (χ1v) is 3.57. The van der Waals surface area contributed by atoms with E-state index < -0.39 is 5.97 Å². The Hall–Kier alpha value is -0.280. The smallest absolute Gasteiger partial charge is 0.303 e. The molecule has 4 heteroatoms. The first kappa shape index (κ1) is 9.72. The zero-order valence-electron chi connectivity index (χ0n) is 5.59. The van der Waals surface area contributed by atoms with Crippen molar-refractivity contribution in [1.29, 1.82) is 0 Å². The zero-order chi connectivity index (χ0) is 7.98. The average molecular weight is 167 g/mol. The number of rotatable bonds is 5. The van der Waals surface area contributed by atoms with Gasteiger partial charge in [-0.25, -0.2) is 0 Å². The normalized spacial score (nSPS) is 13.0. The molecule has 0 fully saturated rings. The number of hydrogen-bond donors (Lipinski definition) is 2. The third-order valence-electron chi connectivity index (χ3n) is 1.11. The van der Waals surface area contributed by atoms with Crippen molar-refractivity contribution in [3.63, 3.8) is 0 Å². The zero-order valence-corrected chi connectivity index (χ0v) is 6.34. The molecule has 0 spiro atoms. The summed E-state index contributed by atoms with van der Waals surface area (Å²) < 4.78 is 0. The summed E-state index contributed by atoms with van der Waals surface area (Å²) in [6.45, 7) is 0.0216. The Morgan fingerprint density at radius 3 is 2.50 bits per heavy atom. The molecule has 60 valence electrons. The van der Waals surface area contributed by atoms with Crippen molar-refractivity contribution in [2.75, 3.05) is 6.61 Å². The summed E-state index contributed by atoms with van der Waals surface area (Å²) >= 11 is 5.60. The summed E-state index contributed by atoms with van der Waals surface area (Å²) in [7, 11) is 0. The van der Waals surface area contributed by atoms with Gasteiger partial charge in [-0.3, -0.25) is 4.79 Å². The predicted molar refractivity (Wildman–Crippen MR) is 38.2 cm³/mol. The molecule has 0 aromatic heterocycles. The summed E-state index contributed by atoms with van der Waals surface area (Å²) in [6, 6.07) is 0. The van der Waals surface area contributed by atoms with E-state index in [0.29, 0.717) is 12.8 Å². The number of alkyl halides is 1. The molecular weight excluding hydrogens is 156 g/mol. The van der Waals surface area contributed by atoms with Crippen LogP contribution in [0.25, 0.3) is 0 Å². The van der Waals surface area contributed by atoms with Crippen molar-refractivity contribution in [2.24, 2.45) is 0 Å². The quantitative estimate of drug-likeness (QED) is 0.596. The molecule has 10 heavy (non-hydrogen) atoms. The highest BCUT2D eigenvalue weighted by molar-refractivity contribution is 6.20. The van der Waals surface area contributed by atoms with E-state index in [0.717, 1.165) is 0 Å². The van der Waals surface area contributed by atoms with Gasteiger partial charge in [-0.05, 0) is 12.8 Å². The van der Waals surface area contributed by atoms with Gasteiger partial charge < -0.3 is 10.2 Å². The van der Waals surface area contributed by atoms with Gasteiger partial charge in [0.25, 0.3) is 0 Å². The molecular formula is C6H11ClO3. The number of aliphatic carboxylic acids is 1. The van der Waals surface area contributed by atoms with Crippen LogP contribution in [0.3, 0.4) is 0 Å². The Labute approximate surface area is 64.6 Å². The molecule has 1 atom stereocenters. The molecule has 3 nitrogen and oxygen atoms in total. The Balaban J connectivity index is 3.21. The lowest BCUT2D eigenvalue weighted by Gasteiger charge is -2.03. The maximum Gasteiger partial charge on any atom is 0.303 e. The molecule has 1 unspecified atom stereocenters. The number of aliphatic hydroxyl groups is 1. The third-order valence-corrected chi connectivity index (χ3v) is 1.55. The minimum absolute atomic E-state index is 0.0216. The first-order valence-electron chi connectivity index (χ1n) is 3.13. The molecule has 0 aliphatic carbocycles. The highest BCUT2D eigenvalue weighted by Crippen LogP contribution is 2.08. The van der Waals surface area contributed by atoms with E-state index in [1.807, 2.05) is 0 Å². The van der Waals surface area contributed by atoms with Crippen molar-refractivity contribution < 1.29 is 15.0 Å². The lowest BCUT2D eigenvalue weighted by molar-refractivity contribution is -0.137. The van der Waals surface area contributed by atoms with Crippen LogP contribution in [0.1, 0.15) is 19.3 Å². The Morgan fingerprint density at radius 2 is 2.10 bits per heavy atom. The van der Waals surface area contributed by atoms with Crippen LogP contribution in [0, 0.1) is 0 Å². The van der Waals surface area contributed by atoms with Gasteiger partial charge in [-0.2, -0.15) is 0 Å². The lowest BCUT2D eigenvalue weighted by atomic mass is 10.2. The van der Waals surface area contributed by atoms with Crippen molar-refractivity contribution in [3.8, 4) is 0 Å². The fraction of sp³-hybridized carbons (Fsp3) is 0.833. The number of aliphatic hydroxyl groups excluding tert-OH is 1. The van der Waals surface area contributed by atoms with Gasteiger partial charge >= 0.3 is 5.97 Å². The molecule has 0 saturated heterocycles. The highest BCUT2D eigenvalue weighted by atomic mass is 35.5. The second kappa shape index (κ2) is 5.50. The van der Waals surface area contributed by atoms with E-state index in [4.69, 9.17) is 21.8 Å². The number of carboxylic acids is 1. The Kier molecular flexibility index (Phi) is 5.35. The average Bonchev–Trinajstić information content (AvgIpc) is 1.85. The Morgan fingerprint density at radius 1 is 1.50 bits per heavy atom. The first-order chi connectivity index (χ1) is 4.66. The minimum Gasteiger partial charge on any atom is -0.481 e. The molecule has 0 aromatic carbocycles. The standard InChI is InChI=1S/C6H11ClO3/c7-5(3-4-8)1-2-6(9)10/h5,8H,1-4H2,(H,9,10). The van der Waals surface area contributed by atoms with Crippen LogP contribution in [0.5, 0.6) is 0 Å². The van der Waals surface area contributed by atoms with E-state index in [-0.39, 0.29) is 18.4 Å². The lowest BCUT2D eigenvalue weighted by Crippen LogP contribution is -2.05. The van der Waals surface area contributed by atoms with Crippen molar-refractivity contribution >= 4 is 17.6 Å². The minimum atomic E-state index is -0.844. The highest BCUT2D eigenvalue weighted by Gasteiger charge is 2.05. The second-order valence-electron chi connectivity index (χ2n) is 2.04. The van der Waals surface area contributed by atoms with E-state index in [2.05, 4.69) is 0 Å². The van der Waals surface area contributed by atoms with Gasteiger partial charge in [0.05, 0.1) is 0 Å². The fourth-order valence-corrected chi connectivity index (χ4v) is 0.771. The van der Waals surface area contributed by atoms with E-state index >= 15 is 0 Å². The van der Waals surface area contributed by atoms with E-state index in [1.54, 1.807) is 0 Å². The van der Waals surface area contributed by atoms with Crippen LogP contribution < -0.4 is 0 Å². The van der Waals surface area contributed by atoms with Gasteiger partial charge in [0.1, 0.15) is 0 Å². The maximum absolute atomic E-state index is 9.99. The second-order valence-corrected chi connectivity index (χ2v) is 2.66. The molecule has 0 radical (unpaired) electrons. The summed E-state index contributed by atoms with van der Waals surface area (Å²) in [5.74, 6) is -0.844. The van der Waals surface area contributed by atoms with Crippen LogP contribution in [-0.4, -0.2) is 28.2 Å². The van der Waals surface area contributed by atoms with Gasteiger partial charge in [0, 0.05) is 18.4 Å². The van der Waals surface area contributed by atoms with Crippen LogP contribution in [-0.2, 0) is 4.79 Å². The third kappa shape index (κ3) is 5.85. The van der Waals surface area contributed by atoms with Crippen molar-refractivity contribution in [3.05, 3.63) is 0 Å². The number of carboxylic acid groups (broad SMARTS) is 1. The summed E-state index contributed by atoms with van der Waals surface area (Å²) in [4.78, 5) is 9.99. The van der Waals surface area contributed by atoms with E-state index in [9.17, 15) is 4.79 Å². The van der Waals surface area contributed by atoms with Gasteiger partial charge in [0.15, 0.2) is 0 Å². The maximum atomic E-state index is 9.99. The predicted octanol–water partition coefficient (Wildman–Crippen LogP) is 0.841. The van der Waals surface area contributed by atoms with Crippen LogP contribution in [0.15, 0.2) is 0 Å². The fourth-order valence-electron chi connectivity index (χ4n) is 0.565. The van der Waals surface area contributed by atoms with Crippen LogP contribution in [0.2, 0.25) is 0 Å². The summed E-state index contributed by atoms with van der Waals surface area (Å²) in [5.41, 5.74) is 0. The van der Waals surface area contributed by atoms with Crippen LogP contribution in [0.4, 0.5) is 0 Å². The topological polar surface area (TPSA) is 57.5 Å². The summed E-state index contributed by atoms with van der Waals surface area (Å²) in [5, 5.41) is 16.4. The number of halogens is 1. The monoisotopic (exact) mass is 166 g/mol. The SMILES string of the molecule is O=C(O)CCC(Cl)CCO. The van der Waals surface area contributed by atoms with Crippen LogP contribution >= 0.6 is 11.6 Å².